The molecule has 12 heteroatoms. The Labute approximate surface area is 282 Å². The summed E-state index contributed by atoms with van der Waals surface area (Å²) in [5.41, 5.74) is 0.131. The highest BCUT2D eigenvalue weighted by molar-refractivity contribution is 5.97. The fourth-order valence-electron chi connectivity index (χ4n) is 7.82. The number of aryl methyl sites for hydroxylation is 1. The summed E-state index contributed by atoms with van der Waals surface area (Å²) in [6.45, 7) is 9.59. The number of likely N-dealkylation sites (tertiary alicyclic amines) is 1. The number of benzene rings is 1. The third kappa shape index (κ3) is 6.95. The Balaban J connectivity index is 1.28. The molecule has 0 spiro atoms. The van der Waals surface area contributed by atoms with E-state index in [1.165, 1.54) is 0 Å². The Bertz CT molecular complexity index is 1580. The Morgan fingerprint density at radius 1 is 1.10 bits per heavy atom. The summed E-state index contributed by atoms with van der Waals surface area (Å²) < 4.78 is 13.1. The van der Waals surface area contributed by atoms with E-state index in [0.29, 0.717) is 39.0 Å². The molecule has 4 heterocycles. The lowest BCUT2D eigenvalue weighted by Crippen LogP contribution is -2.58. The van der Waals surface area contributed by atoms with Crippen molar-refractivity contribution in [2.75, 3.05) is 26.2 Å². The third-order valence-electron chi connectivity index (χ3n) is 10.3. The van der Waals surface area contributed by atoms with Crippen molar-refractivity contribution in [2.45, 2.75) is 96.0 Å². The number of alkyl carbamates (subject to hydrolysis) is 1. The van der Waals surface area contributed by atoms with Crippen LogP contribution < -0.4 is 10.6 Å². The van der Waals surface area contributed by atoms with Gasteiger partial charge in [-0.15, -0.1) is 0 Å². The normalized spacial score (nSPS) is 30.4. The van der Waals surface area contributed by atoms with E-state index in [9.17, 15) is 19.2 Å². The maximum atomic E-state index is 14.4. The molecule has 3 amide bonds. The smallest absolute Gasteiger partial charge is 0.408 e. The summed E-state index contributed by atoms with van der Waals surface area (Å²) in [4.78, 5) is 63.9. The predicted molar refractivity (Wildman–Crippen MR) is 179 cm³/mol. The molecular weight excluding hydrogens is 612 g/mol. The van der Waals surface area contributed by atoms with E-state index < -0.39 is 35.3 Å². The Morgan fingerprint density at radius 3 is 2.65 bits per heavy atom. The van der Waals surface area contributed by atoms with E-state index in [1.54, 1.807) is 32.6 Å². The molecule has 260 valence electrons. The van der Waals surface area contributed by atoms with E-state index in [1.807, 2.05) is 31.3 Å². The molecule has 6 atom stereocenters. The second kappa shape index (κ2) is 13.5. The summed E-state index contributed by atoms with van der Waals surface area (Å²) in [5, 5.41) is 5.94. The molecular formula is C36H50N6O6. The van der Waals surface area contributed by atoms with E-state index in [0.717, 1.165) is 42.5 Å². The molecule has 6 rings (SSSR count). The molecule has 2 saturated heterocycles. The number of carbonyl (C=O) groups is 4. The lowest BCUT2D eigenvalue weighted by molar-refractivity contribution is -0.150. The van der Waals surface area contributed by atoms with Gasteiger partial charge in [0.25, 0.3) is 0 Å². The van der Waals surface area contributed by atoms with Crippen molar-refractivity contribution < 1.29 is 28.7 Å². The van der Waals surface area contributed by atoms with Gasteiger partial charge in [-0.25, -0.2) is 14.6 Å². The third-order valence-corrected chi connectivity index (χ3v) is 10.3. The molecule has 0 radical (unpaired) electrons. The number of nitrogens with zero attached hydrogens (tertiary/aromatic N) is 4. The van der Waals surface area contributed by atoms with Crippen molar-refractivity contribution in [3.05, 3.63) is 42.2 Å². The first-order chi connectivity index (χ1) is 22.9. The van der Waals surface area contributed by atoms with Gasteiger partial charge in [0, 0.05) is 38.5 Å². The first-order valence-electron chi connectivity index (χ1n) is 17.5. The van der Waals surface area contributed by atoms with Crippen LogP contribution in [0.15, 0.2) is 36.4 Å². The van der Waals surface area contributed by atoms with Gasteiger partial charge in [0.15, 0.2) is 0 Å². The van der Waals surface area contributed by atoms with Crippen molar-refractivity contribution in [1.29, 1.82) is 0 Å². The van der Waals surface area contributed by atoms with Gasteiger partial charge in [0.1, 0.15) is 29.0 Å². The summed E-state index contributed by atoms with van der Waals surface area (Å²) in [5.74, 6) is -0.429. The minimum absolute atomic E-state index is 0.0360. The van der Waals surface area contributed by atoms with Gasteiger partial charge in [-0.1, -0.05) is 37.1 Å². The Hall–Kier alpha value is -3.93. The van der Waals surface area contributed by atoms with Gasteiger partial charge >= 0.3 is 12.1 Å². The van der Waals surface area contributed by atoms with Gasteiger partial charge < -0.3 is 29.6 Å². The molecule has 48 heavy (non-hydrogen) atoms. The largest absolute Gasteiger partial charge is 0.464 e. The molecule has 3 fully saturated rings. The summed E-state index contributed by atoms with van der Waals surface area (Å²) in [6, 6.07) is 6.39. The average Bonchev–Trinajstić information content (AvgIpc) is 3.24. The first-order valence-corrected chi connectivity index (χ1v) is 17.5. The average molecular weight is 663 g/mol. The number of hydrogen-bond acceptors (Lipinski definition) is 8. The van der Waals surface area contributed by atoms with Crippen molar-refractivity contribution in [1.82, 2.24) is 30.0 Å². The van der Waals surface area contributed by atoms with Crippen LogP contribution in [0.3, 0.4) is 0 Å². The molecule has 1 aromatic carbocycles. The zero-order valence-electron chi connectivity index (χ0n) is 28.9. The van der Waals surface area contributed by atoms with Crippen LogP contribution in [0.2, 0.25) is 0 Å². The molecule has 1 aromatic heterocycles. The number of aromatic nitrogens is 2. The molecule has 0 bridgehead atoms. The van der Waals surface area contributed by atoms with Crippen LogP contribution in [-0.2, 0) is 37.4 Å². The van der Waals surface area contributed by atoms with E-state index in [4.69, 9.17) is 14.5 Å². The fourth-order valence-corrected chi connectivity index (χ4v) is 7.82. The zero-order valence-corrected chi connectivity index (χ0v) is 28.9. The minimum Gasteiger partial charge on any atom is -0.464 e. The minimum atomic E-state index is -1.14. The van der Waals surface area contributed by atoms with Gasteiger partial charge in [-0.2, -0.15) is 0 Å². The summed E-state index contributed by atoms with van der Waals surface area (Å²) in [6.07, 6.45) is 7.69. The SMILES string of the molecule is CCOC(=O)[C@@]12C[C@@H]1/C=C\CCCCC[C@H](NC(=O)OC(C)(C)C)C(=O)N1C[C@@H]3CN(Cc4nc5ccccc5n4C)C[C@@H]3[C@H]1C(=O)N2. The number of esters is 1. The first kappa shape index (κ1) is 34.0. The van der Waals surface area contributed by atoms with Crippen molar-refractivity contribution in [3.63, 3.8) is 0 Å². The van der Waals surface area contributed by atoms with Crippen LogP contribution >= 0.6 is 0 Å². The monoisotopic (exact) mass is 662 g/mol. The standard InChI is InChI=1S/C36H50N6O6/c1-6-47-33(45)36-18-24(36)14-10-8-7-9-11-16-27(38-34(46)48-35(2,3)4)32(44)42-20-23-19-41(21-25(23)30(42)31(43)39-36)22-29-37-26-15-12-13-17-28(26)40(29)5/h10,12-15,17,23-25,27,30H,6-9,11,16,18-22H2,1-5H3,(H,38,46)(H,39,43)/b14-10-/t23-,24-,25-,27-,30-,36+/m0/s1. The van der Waals surface area contributed by atoms with Crippen LogP contribution in [0.5, 0.6) is 0 Å². The number of carbonyl (C=O) groups excluding carboxylic acids is 4. The second-order valence-corrected chi connectivity index (χ2v) is 14.9. The maximum absolute atomic E-state index is 14.4. The molecule has 1 saturated carbocycles. The lowest BCUT2D eigenvalue weighted by atomic mass is 9.93. The topological polar surface area (TPSA) is 135 Å². The number of allylic oxidation sites excluding steroid dienone is 1. The number of fused-ring (bicyclic) bond motifs is 5. The Kier molecular flexibility index (Phi) is 9.57. The molecule has 1 aliphatic carbocycles. The quantitative estimate of drug-likeness (QED) is 0.366. The number of rotatable bonds is 5. The Morgan fingerprint density at radius 2 is 1.90 bits per heavy atom. The van der Waals surface area contributed by atoms with Crippen LogP contribution in [0.25, 0.3) is 11.0 Å². The second-order valence-electron chi connectivity index (χ2n) is 14.9. The number of hydrogen-bond donors (Lipinski definition) is 2. The molecule has 2 N–H and O–H groups in total. The maximum Gasteiger partial charge on any atom is 0.408 e. The molecule has 2 aromatic rings. The van der Waals surface area contributed by atoms with E-state index >= 15 is 0 Å². The molecule has 4 aliphatic rings. The number of ether oxygens (including phenoxy) is 2. The van der Waals surface area contributed by atoms with Crippen LogP contribution in [0.4, 0.5) is 4.79 Å². The van der Waals surface area contributed by atoms with E-state index in [2.05, 4.69) is 32.2 Å². The predicted octanol–water partition coefficient (Wildman–Crippen LogP) is 3.68. The highest BCUT2D eigenvalue weighted by Crippen LogP contribution is 2.47. The number of para-hydroxylation sites is 2. The number of nitrogens with one attached hydrogen (secondary N) is 2. The molecule has 12 nitrogen and oxygen atoms in total. The van der Waals surface area contributed by atoms with E-state index in [-0.39, 0.29) is 36.2 Å². The van der Waals surface area contributed by atoms with Crippen molar-refractivity contribution >= 4 is 34.9 Å². The van der Waals surface area contributed by atoms with Gasteiger partial charge in [-0.3, -0.25) is 14.5 Å². The fraction of sp³-hybridized carbons (Fsp3) is 0.639. The van der Waals surface area contributed by atoms with Crippen LogP contribution in [0, 0.1) is 17.8 Å². The molecule has 0 unspecified atom stereocenters. The van der Waals surface area contributed by atoms with Crippen molar-refractivity contribution in [2.24, 2.45) is 24.8 Å². The zero-order chi connectivity index (χ0) is 34.2. The van der Waals surface area contributed by atoms with Crippen molar-refractivity contribution in [3.8, 4) is 0 Å². The highest BCUT2D eigenvalue weighted by atomic mass is 16.6. The van der Waals surface area contributed by atoms with Gasteiger partial charge in [-0.05, 0) is 71.4 Å². The molecule has 3 aliphatic heterocycles. The van der Waals surface area contributed by atoms with Crippen LogP contribution in [-0.4, -0.2) is 92.7 Å². The van der Waals surface area contributed by atoms with Crippen LogP contribution in [0.1, 0.15) is 72.0 Å². The number of amides is 3. The number of imidazole rings is 1. The summed E-state index contributed by atoms with van der Waals surface area (Å²) in [7, 11) is 2.02. The van der Waals surface area contributed by atoms with Gasteiger partial charge in [0.05, 0.1) is 24.2 Å². The highest BCUT2D eigenvalue weighted by Gasteiger charge is 2.63. The summed E-state index contributed by atoms with van der Waals surface area (Å²) >= 11 is 0. The lowest BCUT2D eigenvalue weighted by Gasteiger charge is -2.33. The van der Waals surface area contributed by atoms with Gasteiger partial charge in [0.2, 0.25) is 11.8 Å².